The predicted molar refractivity (Wildman–Crippen MR) is 161 cm³/mol. The van der Waals surface area contributed by atoms with E-state index in [1.807, 2.05) is 24.0 Å². The number of carbonyl (C=O) groups excluding carboxylic acids is 3. The lowest BCUT2D eigenvalue weighted by Crippen LogP contribution is -2.48. The van der Waals surface area contributed by atoms with Crippen LogP contribution in [0.15, 0.2) is 91.0 Å². The third kappa shape index (κ3) is 3.67. The van der Waals surface area contributed by atoms with Gasteiger partial charge in [0.2, 0.25) is 0 Å². The van der Waals surface area contributed by atoms with E-state index < -0.39 is 29.2 Å². The Balaban J connectivity index is 1.55. The molecule has 43 heavy (non-hydrogen) atoms. The molecule has 4 aromatic carbocycles. The van der Waals surface area contributed by atoms with Crippen molar-refractivity contribution in [2.45, 2.75) is 24.9 Å². The van der Waals surface area contributed by atoms with Crippen molar-refractivity contribution in [1.29, 1.82) is 0 Å². The van der Waals surface area contributed by atoms with Crippen molar-refractivity contribution in [2.75, 3.05) is 19.1 Å². The zero-order valence-corrected chi connectivity index (χ0v) is 23.8. The third-order valence-electron chi connectivity index (χ3n) is 9.14. The Kier molecular flexibility index (Phi) is 6.09. The van der Waals surface area contributed by atoms with Gasteiger partial charge in [-0.3, -0.25) is 14.4 Å². The number of ether oxygens (including phenoxy) is 2. The highest BCUT2D eigenvalue weighted by molar-refractivity contribution is 6.32. The third-order valence-corrected chi connectivity index (χ3v) is 9.14. The Labute approximate surface area is 248 Å². The first-order chi connectivity index (χ1) is 20.8. The van der Waals surface area contributed by atoms with Gasteiger partial charge in [0.25, 0.3) is 0 Å². The fourth-order valence-electron chi connectivity index (χ4n) is 7.26. The number of benzene rings is 4. The summed E-state index contributed by atoms with van der Waals surface area (Å²) in [6.45, 7) is 1.94. The van der Waals surface area contributed by atoms with Gasteiger partial charge in [0, 0.05) is 33.9 Å². The average molecular weight is 574 g/mol. The van der Waals surface area contributed by atoms with Gasteiger partial charge in [-0.05, 0) is 42.8 Å². The maximum absolute atomic E-state index is 14.8. The standard InChI is InChI=1S/C36H28FNO5/c1-20-8-10-21(11-9-20)33(39)32-31(23-12-16-28(42-2)29(19-23)43-3)36(34(40)25-6-4-5-7-26(25)35(36)41)30-17-13-22-18-24(37)14-15-27(22)38(30)32/h4-19,30-32H,1-3H3/t30-,31+,32+/m1/s1. The molecule has 0 N–H and O–H groups in total. The summed E-state index contributed by atoms with van der Waals surface area (Å²) in [4.78, 5) is 46.1. The van der Waals surface area contributed by atoms with Crippen LogP contribution in [0.3, 0.4) is 0 Å². The lowest BCUT2D eigenvalue weighted by Gasteiger charge is -2.37. The molecule has 1 fully saturated rings. The van der Waals surface area contributed by atoms with Crippen LogP contribution in [-0.2, 0) is 0 Å². The Morgan fingerprint density at radius 2 is 1.51 bits per heavy atom. The maximum atomic E-state index is 14.8. The molecule has 6 nitrogen and oxygen atoms in total. The van der Waals surface area contributed by atoms with Crippen molar-refractivity contribution in [2.24, 2.45) is 5.41 Å². The van der Waals surface area contributed by atoms with Crippen LogP contribution in [0.5, 0.6) is 11.5 Å². The second-order valence-corrected chi connectivity index (χ2v) is 11.3. The molecule has 0 unspecified atom stereocenters. The number of nitrogens with zero attached hydrogens (tertiary/aromatic N) is 1. The number of rotatable bonds is 5. The minimum Gasteiger partial charge on any atom is -0.493 e. The summed E-state index contributed by atoms with van der Waals surface area (Å²) in [5.74, 6) is -1.37. The number of hydrogen-bond donors (Lipinski definition) is 0. The number of aryl methyl sites for hydroxylation is 1. The van der Waals surface area contributed by atoms with Gasteiger partial charge in [0.05, 0.1) is 20.3 Å². The number of ketones is 3. The van der Waals surface area contributed by atoms with Crippen LogP contribution in [0, 0.1) is 18.2 Å². The molecule has 2 aliphatic heterocycles. The molecule has 0 radical (unpaired) electrons. The topological polar surface area (TPSA) is 72.9 Å². The number of Topliss-reactive ketones (excluding diaryl/α,β-unsaturated/α-hetero) is 3. The predicted octanol–water partition coefficient (Wildman–Crippen LogP) is 6.47. The Morgan fingerprint density at radius 3 is 2.16 bits per heavy atom. The van der Waals surface area contributed by atoms with E-state index in [0.29, 0.717) is 45.0 Å². The smallest absolute Gasteiger partial charge is 0.185 e. The quantitative estimate of drug-likeness (QED) is 0.201. The first-order valence-electron chi connectivity index (χ1n) is 14.1. The number of methoxy groups -OCH3 is 2. The van der Waals surface area contributed by atoms with Gasteiger partial charge >= 0.3 is 0 Å². The zero-order chi connectivity index (χ0) is 30.0. The largest absolute Gasteiger partial charge is 0.493 e. The van der Waals surface area contributed by atoms with E-state index >= 15 is 0 Å². The van der Waals surface area contributed by atoms with Crippen molar-refractivity contribution in [3.8, 4) is 11.5 Å². The second-order valence-electron chi connectivity index (χ2n) is 11.3. The SMILES string of the molecule is COc1ccc([C@H]2[C@@H](C(=O)c3ccc(C)cc3)N3c4ccc(F)cc4C=C[C@@H]3C23C(=O)c2ccccc2C3=O)cc1OC. The number of anilines is 1. The maximum Gasteiger partial charge on any atom is 0.185 e. The molecule has 3 aliphatic rings. The summed E-state index contributed by atoms with van der Waals surface area (Å²) in [7, 11) is 3.04. The van der Waals surface area contributed by atoms with Gasteiger partial charge in [-0.2, -0.15) is 0 Å². The fourth-order valence-corrected chi connectivity index (χ4v) is 7.26. The zero-order valence-electron chi connectivity index (χ0n) is 23.8. The Bertz CT molecular complexity index is 1830. The van der Waals surface area contributed by atoms with Crippen molar-refractivity contribution in [3.63, 3.8) is 0 Å². The summed E-state index contributed by atoms with van der Waals surface area (Å²) in [6.07, 6.45) is 3.52. The number of halogens is 1. The minimum absolute atomic E-state index is 0.246. The van der Waals surface area contributed by atoms with E-state index in [1.54, 1.807) is 72.8 Å². The van der Waals surface area contributed by atoms with E-state index in [9.17, 15) is 18.8 Å². The summed E-state index contributed by atoms with van der Waals surface area (Å²) < 4.78 is 25.6. The van der Waals surface area contributed by atoms with Crippen LogP contribution in [0.25, 0.3) is 6.08 Å². The van der Waals surface area contributed by atoms with Crippen LogP contribution >= 0.6 is 0 Å². The van der Waals surface area contributed by atoms with E-state index in [-0.39, 0.29) is 17.3 Å². The molecule has 1 aliphatic carbocycles. The normalized spacial score (nSPS) is 21.0. The molecule has 7 rings (SSSR count). The van der Waals surface area contributed by atoms with Crippen LogP contribution in [0.1, 0.15) is 53.7 Å². The molecule has 3 atom stereocenters. The van der Waals surface area contributed by atoms with Crippen molar-refractivity contribution in [3.05, 3.63) is 130 Å². The van der Waals surface area contributed by atoms with Gasteiger partial charge in [0.15, 0.2) is 28.8 Å². The average Bonchev–Trinajstić information content (AvgIpc) is 3.46. The highest BCUT2D eigenvalue weighted by Gasteiger charge is 2.71. The first-order valence-corrected chi connectivity index (χ1v) is 14.1. The van der Waals surface area contributed by atoms with E-state index in [0.717, 1.165) is 5.56 Å². The van der Waals surface area contributed by atoms with E-state index in [4.69, 9.17) is 9.47 Å². The lowest BCUT2D eigenvalue weighted by atomic mass is 9.64. The van der Waals surface area contributed by atoms with Gasteiger partial charge in [0.1, 0.15) is 17.3 Å². The van der Waals surface area contributed by atoms with Crippen LogP contribution in [-0.4, -0.2) is 43.7 Å². The van der Waals surface area contributed by atoms with E-state index in [2.05, 4.69) is 0 Å². The van der Waals surface area contributed by atoms with Crippen molar-refractivity contribution in [1.82, 2.24) is 0 Å². The van der Waals surface area contributed by atoms with Crippen LogP contribution < -0.4 is 14.4 Å². The number of carbonyl (C=O) groups is 3. The number of hydrogen-bond acceptors (Lipinski definition) is 6. The summed E-state index contributed by atoms with van der Waals surface area (Å²) >= 11 is 0. The molecule has 0 saturated carbocycles. The molecule has 0 bridgehead atoms. The fraction of sp³-hybridized carbons (Fsp3) is 0.194. The summed E-state index contributed by atoms with van der Waals surface area (Å²) in [5, 5.41) is 0. The molecular weight excluding hydrogens is 545 g/mol. The van der Waals surface area contributed by atoms with Gasteiger partial charge < -0.3 is 14.4 Å². The second kappa shape index (κ2) is 9.76. The molecule has 7 heteroatoms. The monoisotopic (exact) mass is 573 g/mol. The molecule has 1 saturated heterocycles. The molecule has 0 aromatic heterocycles. The lowest BCUT2D eigenvalue weighted by molar-refractivity contribution is 0.0665. The van der Waals surface area contributed by atoms with Crippen LogP contribution in [0.2, 0.25) is 0 Å². The molecule has 1 spiro atoms. The summed E-state index contributed by atoms with van der Waals surface area (Å²) in [5.41, 5.74) is 2.17. The van der Waals surface area contributed by atoms with Gasteiger partial charge in [-0.15, -0.1) is 0 Å². The van der Waals surface area contributed by atoms with Gasteiger partial charge in [-0.25, -0.2) is 4.39 Å². The molecule has 0 amide bonds. The van der Waals surface area contributed by atoms with Crippen molar-refractivity contribution >= 4 is 29.1 Å². The Hall–Kier alpha value is -5.04. The molecular formula is C36H28FNO5. The number of fused-ring (bicyclic) bond motifs is 5. The minimum atomic E-state index is -1.67. The van der Waals surface area contributed by atoms with Crippen molar-refractivity contribution < 1.29 is 28.2 Å². The first kappa shape index (κ1) is 26.8. The molecule has 2 heterocycles. The van der Waals surface area contributed by atoms with Gasteiger partial charge in [-0.1, -0.05) is 72.3 Å². The summed E-state index contributed by atoms with van der Waals surface area (Å²) in [6, 6.07) is 21.9. The molecule has 214 valence electrons. The molecule has 4 aromatic rings. The highest BCUT2D eigenvalue weighted by Crippen LogP contribution is 2.61. The van der Waals surface area contributed by atoms with Crippen LogP contribution in [0.4, 0.5) is 10.1 Å². The Morgan fingerprint density at radius 1 is 0.837 bits per heavy atom. The van der Waals surface area contributed by atoms with E-state index in [1.165, 1.54) is 26.4 Å². The highest BCUT2D eigenvalue weighted by atomic mass is 19.1.